The van der Waals surface area contributed by atoms with Gasteiger partial charge in [-0.05, 0) is 17.2 Å². The normalized spacial score (nSPS) is 15.6. The number of aromatic nitrogens is 1. The van der Waals surface area contributed by atoms with Crippen LogP contribution in [0.2, 0.25) is 5.02 Å². The molecule has 3 nitrogen and oxygen atoms in total. The maximum absolute atomic E-state index is 12.9. The van der Waals surface area contributed by atoms with E-state index in [1.165, 1.54) is 11.1 Å². The Morgan fingerprint density at radius 2 is 1.37 bits per heavy atom. The van der Waals surface area contributed by atoms with E-state index in [4.69, 9.17) is 11.6 Å². The molecule has 0 unspecified atom stereocenters. The van der Waals surface area contributed by atoms with E-state index in [0.29, 0.717) is 18.9 Å². The lowest BCUT2D eigenvalue weighted by molar-refractivity contribution is -0.137. The third-order valence-corrected chi connectivity index (χ3v) is 5.64. The largest absolute Gasteiger partial charge is 0.417 e. The van der Waals surface area contributed by atoms with Gasteiger partial charge in [0.1, 0.15) is 5.82 Å². The summed E-state index contributed by atoms with van der Waals surface area (Å²) in [6.07, 6.45) is -3.60. The number of piperazine rings is 1. The number of nitrogens with zero attached hydrogens (tertiary/aromatic N) is 3. The SMILES string of the molecule is FC(F)(F)c1cnc(N2CCN(C(c3ccccc3)c3ccccc3)CC2)c(Cl)c1. The molecular weight excluding hydrogens is 411 g/mol. The second kappa shape index (κ2) is 8.66. The van der Waals surface area contributed by atoms with Gasteiger partial charge in [-0.15, -0.1) is 0 Å². The molecule has 1 aliphatic rings. The average Bonchev–Trinajstić information content (AvgIpc) is 2.75. The monoisotopic (exact) mass is 431 g/mol. The van der Waals surface area contributed by atoms with Crippen LogP contribution in [-0.2, 0) is 6.18 Å². The first kappa shape index (κ1) is 20.7. The van der Waals surface area contributed by atoms with Gasteiger partial charge in [0.15, 0.2) is 0 Å². The molecule has 0 aliphatic carbocycles. The van der Waals surface area contributed by atoms with Crippen molar-refractivity contribution in [3.8, 4) is 0 Å². The smallest absolute Gasteiger partial charge is 0.353 e. The summed E-state index contributed by atoms with van der Waals surface area (Å²) in [7, 11) is 0. The molecule has 2 aromatic carbocycles. The summed E-state index contributed by atoms with van der Waals surface area (Å²) >= 11 is 6.14. The molecule has 3 aromatic rings. The third-order valence-electron chi connectivity index (χ3n) is 5.36. The molecule has 0 bridgehead atoms. The van der Waals surface area contributed by atoms with E-state index in [-0.39, 0.29) is 11.1 Å². The van der Waals surface area contributed by atoms with Gasteiger partial charge in [-0.1, -0.05) is 72.3 Å². The van der Waals surface area contributed by atoms with E-state index in [2.05, 4.69) is 34.1 Å². The van der Waals surface area contributed by atoms with Gasteiger partial charge >= 0.3 is 6.18 Å². The average molecular weight is 432 g/mol. The van der Waals surface area contributed by atoms with Crippen LogP contribution in [0.4, 0.5) is 19.0 Å². The highest BCUT2D eigenvalue weighted by Crippen LogP contribution is 2.35. The second-order valence-corrected chi connectivity index (χ2v) is 7.68. The summed E-state index contributed by atoms with van der Waals surface area (Å²) < 4.78 is 38.7. The fraction of sp³-hybridized carbons (Fsp3) is 0.261. The number of anilines is 1. The van der Waals surface area contributed by atoms with Crippen LogP contribution >= 0.6 is 11.6 Å². The molecule has 0 spiro atoms. The number of halogens is 4. The highest BCUT2D eigenvalue weighted by Gasteiger charge is 2.33. The van der Waals surface area contributed by atoms with Crippen molar-refractivity contribution in [1.82, 2.24) is 9.88 Å². The Morgan fingerprint density at radius 1 is 0.833 bits per heavy atom. The first-order valence-electron chi connectivity index (χ1n) is 9.75. The zero-order chi connectivity index (χ0) is 21.1. The number of hydrogen-bond acceptors (Lipinski definition) is 3. The molecule has 0 amide bonds. The van der Waals surface area contributed by atoms with Crippen molar-refractivity contribution < 1.29 is 13.2 Å². The fourth-order valence-electron chi connectivity index (χ4n) is 3.90. The number of hydrogen-bond donors (Lipinski definition) is 0. The van der Waals surface area contributed by atoms with Gasteiger partial charge < -0.3 is 4.90 Å². The Bertz CT molecular complexity index is 932. The number of benzene rings is 2. The van der Waals surface area contributed by atoms with Gasteiger partial charge in [0, 0.05) is 32.4 Å². The molecule has 1 saturated heterocycles. The van der Waals surface area contributed by atoms with Crippen molar-refractivity contribution in [3.63, 3.8) is 0 Å². The Labute approximate surface area is 178 Å². The van der Waals surface area contributed by atoms with Crippen LogP contribution in [0.15, 0.2) is 72.9 Å². The van der Waals surface area contributed by atoms with Crippen LogP contribution in [0.3, 0.4) is 0 Å². The molecule has 30 heavy (non-hydrogen) atoms. The number of rotatable bonds is 4. The first-order valence-corrected chi connectivity index (χ1v) is 10.1. The quantitative estimate of drug-likeness (QED) is 0.531. The molecule has 7 heteroatoms. The van der Waals surface area contributed by atoms with Gasteiger partial charge in [-0.3, -0.25) is 4.90 Å². The van der Waals surface area contributed by atoms with Gasteiger partial charge in [0.2, 0.25) is 0 Å². The Hall–Kier alpha value is -2.57. The lowest BCUT2D eigenvalue weighted by Gasteiger charge is -2.40. The van der Waals surface area contributed by atoms with Crippen molar-refractivity contribution in [2.75, 3.05) is 31.1 Å². The maximum Gasteiger partial charge on any atom is 0.417 e. The van der Waals surface area contributed by atoms with Crippen molar-refractivity contribution in [2.24, 2.45) is 0 Å². The minimum Gasteiger partial charge on any atom is -0.353 e. The Kier molecular flexibility index (Phi) is 5.97. The van der Waals surface area contributed by atoms with Crippen LogP contribution in [0.1, 0.15) is 22.7 Å². The molecule has 0 saturated carbocycles. The molecule has 1 aliphatic heterocycles. The second-order valence-electron chi connectivity index (χ2n) is 7.27. The molecule has 1 aromatic heterocycles. The van der Waals surface area contributed by atoms with Crippen LogP contribution in [-0.4, -0.2) is 36.1 Å². The molecule has 2 heterocycles. The van der Waals surface area contributed by atoms with E-state index < -0.39 is 11.7 Å². The van der Waals surface area contributed by atoms with Gasteiger partial charge in [0.05, 0.1) is 16.6 Å². The predicted octanol–water partition coefficient (Wildman–Crippen LogP) is 5.67. The van der Waals surface area contributed by atoms with Gasteiger partial charge in [0.25, 0.3) is 0 Å². The van der Waals surface area contributed by atoms with E-state index in [1.807, 2.05) is 41.3 Å². The third kappa shape index (κ3) is 4.45. The highest BCUT2D eigenvalue weighted by atomic mass is 35.5. The molecule has 156 valence electrons. The molecule has 0 radical (unpaired) electrons. The van der Waals surface area contributed by atoms with E-state index in [0.717, 1.165) is 25.4 Å². The van der Waals surface area contributed by atoms with E-state index in [1.54, 1.807) is 0 Å². The summed E-state index contributed by atoms with van der Waals surface area (Å²) in [5.74, 6) is 0.403. The van der Waals surface area contributed by atoms with Crippen LogP contribution in [0.5, 0.6) is 0 Å². The maximum atomic E-state index is 12.9. The van der Waals surface area contributed by atoms with E-state index in [9.17, 15) is 13.2 Å². The van der Waals surface area contributed by atoms with Crippen molar-refractivity contribution >= 4 is 17.4 Å². The highest BCUT2D eigenvalue weighted by molar-refractivity contribution is 6.33. The summed E-state index contributed by atoms with van der Waals surface area (Å²) in [4.78, 5) is 8.35. The van der Waals surface area contributed by atoms with Gasteiger partial charge in [-0.2, -0.15) is 13.2 Å². The van der Waals surface area contributed by atoms with Crippen LogP contribution in [0, 0.1) is 0 Å². The van der Waals surface area contributed by atoms with Crippen molar-refractivity contribution in [3.05, 3.63) is 94.6 Å². The predicted molar refractivity (Wildman–Crippen MR) is 113 cm³/mol. The molecular formula is C23H21ClF3N3. The number of alkyl halides is 3. The molecule has 4 rings (SSSR count). The van der Waals surface area contributed by atoms with Crippen molar-refractivity contribution in [2.45, 2.75) is 12.2 Å². The molecule has 0 atom stereocenters. The Morgan fingerprint density at radius 3 is 1.83 bits per heavy atom. The molecule has 1 fully saturated rings. The minimum atomic E-state index is -4.45. The fourth-order valence-corrected chi connectivity index (χ4v) is 4.18. The lowest BCUT2D eigenvalue weighted by atomic mass is 9.96. The summed E-state index contributed by atoms with van der Waals surface area (Å²) in [5.41, 5.74) is 1.59. The van der Waals surface area contributed by atoms with Gasteiger partial charge in [-0.25, -0.2) is 4.98 Å². The first-order chi connectivity index (χ1) is 14.4. The van der Waals surface area contributed by atoms with Crippen LogP contribution in [0.25, 0.3) is 0 Å². The summed E-state index contributed by atoms with van der Waals surface area (Å²) in [6.45, 7) is 2.75. The van der Waals surface area contributed by atoms with Crippen LogP contribution < -0.4 is 4.90 Å². The molecule has 0 N–H and O–H groups in total. The van der Waals surface area contributed by atoms with Crippen molar-refractivity contribution in [1.29, 1.82) is 0 Å². The lowest BCUT2D eigenvalue weighted by Crippen LogP contribution is -2.48. The topological polar surface area (TPSA) is 19.4 Å². The Balaban J connectivity index is 1.53. The summed E-state index contributed by atoms with van der Waals surface area (Å²) in [6, 6.07) is 21.7. The summed E-state index contributed by atoms with van der Waals surface area (Å²) in [5, 5.41) is 0.0287. The standard InChI is InChI=1S/C23H21ClF3N3/c24-20-15-19(23(25,26)27)16-28-22(20)30-13-11-29(12-14-30)21(17-7-3-1-4-8-17)18-9-5-2-6-10-18/h1-10,15-16,21H,11-14H2. The zero-order valence-corrected chi connectivity index (χ0v) is 16.9. The zero-order valence-electron chi connectivity index (χ0n) is 16.2. The number of pyridine rings is 1. The van der Waals surface area contributed by atoms with E-state index >= 15 is 0 Å². The minimum absolute atomic E-state index is 0.0287.